The summed E-state index contributed by atoms with van der Waals surface area (Å²) in [5.74, 6) is -0.373. The first-order chi connectivity index (χ1) is 13.8. The van der Waals surface area contributed by atoms with E-state index in [4.69, 9.17) is 0 Å². The van der Waals surface area contributed by atoms with Gasteiger partial charge in [0.2, 0.25) is 15.9 Å². The van der Waals surface area contributed by atoms with Gasteiger partial charge in [0, 0.05) is 24.5 Å². The molecule has 1 atom stereocenters. The van der Waals surface area contributed by atoms with E-state index in [0.717, 1.165) is 34.9 Å². The van der Waals surface area contributed by atoms with E-state index in [1.807, 2.05) is 43.3 Å². The molecule has 1 N–H and O–H groups in total. The third-order valence-corrected chi connectivity index (χ3v) is 6.47. The summed E-state index contributed by atoms with van der Waals surface area (Å²) in [5, 5.41) is 2.84. The number of piperidine rings is 1. The van der Waals surface area contributed by atoms with Crippen molar-refractivity contribution in [3.63, 3.8) is 0 Å². The first kappa shape index (κ1) is 21.2. The van der Waals surface area contributed by atoms with Crippen LogP contribution < -0.4 is 14.5 Å². The van der Waals surface area contributed by atoms with E-state index < -0.39 is 16.1 Å². The predicted molar refractivity (Wildman–Crippen MR) is 119 cm³/mol. The van der Waals surface area contributed by atoms with Gasteiger partial charge in [0.05, 0.1) is 11.9 Å². The molecule has 1 amide bonds. The molecule has 0 aromatic heterocycles. The van der Waals surface area contributed by atoms with Crippen molar-refractivity contribution in [2.24, 2.45) is 0 Å². The Labute approximate surface area is 173 Å². The standard InChI is InChI=1S/C22H29N3O3S/c1-17-7-11-21(12-8-17)25(29(3,27)28)18(2)22(26)23-19-9-13-20(14-10-19)24-15-5-4-6-16-24/h7-14,18H,4-6,15-16H2,1-3H3,(H,23,26)/t18-/m0/s1. The zero-order chi connectivity index (χ0) is 21.0. The van der Waals surface area contributed by atoms with Crippen LogP contribution in [0.3, 0.4) is 0 Å². The maximum absolute atomic E-state index is 12.8. The van der Waals surface area contributed by atoms with Crippen LogP contribution in [-0.4, -0.2) is 39.7 Å². The summed E-state index contributed by atoms with van der Waals surface area (Å²) in [5.41, 5.74) is 3.29. The average molecular weight is 416 g/mol. The van der Waals surface area contributed by atoms with Crippen LogP contribution in [0, 0.1) is 6.92 Å². The van der Waals surface area contributed by atoms with Crippen LogP contribution in [-0.2, 0) is 14.8 Å². The number of nitrogens with zero attached hydrogens (tertiary/aromatic N) is 2. The zero-order valence-corrected chi connectivity index (χ0v) is 18.1. The summed E-state index contributed by atoms with van der Waals surface area (Å²) in [6.45, 7) is 5.64. The molecule has 2 aromatic carbocycles. The second-order valence-electron chi connectivity index (χ2n) is 7.65. The fourth-order valence-corrected chi connectivity index (χ4v) is 4.83. The maximum atomic E-state index is 12.8. The lowest BCUT2D eigenvalue weighted by Gasteiger charge is -2.29. The van der Waals surface area contributed by atoms with Crippen LogP contribution in [0.25, 0.3) is 0 Å². The predicted octanol–water partition coefficient (Wildman–Crippen LogP) is 3.78. The number of hydrogen-bond donors (Lipinski definition) is 1. The molecule has 6 nitrogen and oxygen atoms in total. The number of benzene rings is 2. The van der Waals surface area contributed by atoms with Gasteiger partial charge in [0.25, 0.3) is 0 Å². The number of carbonyl (C=O) groups is 1. The molecule has 1 aliphatic heterocycles. The lowest BCUT2D eigenvalue weighted by molar-refractivity contribution is -0.116. The Bertz CT molecular complexity index is 934. The summed E-state index contributed by atoms with van der Waals surface area (Å²) in [6.07, 6.45) is 4.80. The molecule has 1 heterocycles. The van der Waals surface area contributed by atoms with Crippen LogP contribution in [0.2, 0.25) is 0 Å². The molecule has 0 spiro atoms. The second-order valence-corrected chi connectivity index (χ2v) is 9.51. The minimum Gasteiger partial charge on any atom is -0.372 e. The molecule has 0 aliphatic carbocycles. The minimum absolute atomic E-state index is 0.373. The van der Waals surface area contributed by atoms with Gasteiger partial charge in [0.15, 0.2) is 0 Å². The van der Waals surface area contributed by atoms with Crippen molar-refractivity contribution in [3.8, 4) is 0 Å². The number of amides is 1. The molecular weight excluding hydrogens is 386 g/mol. The number of carbonyl (C=O) groups excluding carboxylic acids is 1. The molecule has 29 heavy (non-hydrogen) atoms. The van der Waals surface area contributed by atoms with Crippen LogP contribution >= 0.6 is 0 Å². The van der Waals surface area contributed by atoms with Crippen LogP contribution in [0.1, 0.15) is 31.7 Å². The number of rotatable bonds is 6. The summed E-state index contributed by atoms with van der Waals surface area (Å²) in [7, 11) is -3.62. The molecule has 7 heteroatoms. The lowest BCUT2D eigenvalue weighted by Crippen LogP contribution is -2.45. The summed E-state index contributed by atoms with van der Waals surface area (Å²) < 4.78 is 25.9. The van der Waals surface area contributed by atoms with Gasteiger partial charge in [-0.05, 0) is 69.5 Å². The highest BCUT2D eigenvalue weighted by atomic mass is 32.2. The van der Waals surface area contributed by atoms with E-state index >= 15 is 0 Å². The van der Waals surface area contributed by atoms with Crippen LogP contribution in [0.5, 0.6) is 0 Å². The fourth-order valence-electron chi connectivity index (χ4n) is 3.65. The van der Waals surface area contributed by atoms with Crippen molar-refractivity contribution in [2.45, 2.75) is 39.2 Å². The highest BCUT2D eigenvalue weighted by Crippen LogP contribution is 2.24. The SMILES string of the molecule is Cc1ccc(N([C@@H](C)C(=O)Nc2ccc(N3CCCCC3)cc2)S(C)(=O)=O)cc1. The van der Waals surface area contributed by atoms with Gasteiger partial charge in [-0.25, -0.2) is 8.42 Å². The largest absolute Gasteiger partial charge is 0.372 e. The Balaban J connectivity index is 1.73. The summed E-state index contributed by atoms with van der Waals surface area (Å²) in [4.78, 5) is 15.1. The summed E-state index contributed by atoms with van der Waals surface area (Å²) in [6, 6.07) is 13.9. The van der Waals surface area contributed by atoms with Gasteiger partial charge >= 0.3 is 0 Å². The van der Waals surface area contributed by atoms with Crippen molar-refractivity contribution >= 4 is 33.0 Å². The molecule has 3 rings (SSSR count). The topological polar surface area (TPSA) is 69.7 Å². The third-order valence-electron chi connectivity index (χ3n) is 5.23. The van der Waals surface area contributed by atoms with Gasteiger partial charge < -0.3 is 10.2 Å². The molecule has 1 saturated heterocycles. The molecule has 156 valence electrons. The van der Waals surface area contributed by atoms with Crippen molar-refractivity contribution < 1.29 is 13.2 Å². The van der Waals surface area contributed by atoms with Crippen molar-refractivity contribution in [1.29, 1.82) is 0 Å². The van der Waals surface area contributed by atoms with E-state index in [-0.39, 0.29) is 5.91 Å². The Hall–Kier alpha value is -2.54. The normalized spacial score (nSPS) is 15.6. The minimum atomic E-state index is -3.62. The molecule has 1 aliphatic rings. The van der Waals surface area contributed by atoms with Crippen molar-refractivity contribution in [1.82, 2.24) is 0 Å². The average Bonchev–Trinajstić information content (AvgIpc) is 2.70. The number of anilines is 3. The third kappa shape index (κ3) is 5.29. The van der Waals surface area contributed by atoms with E-state index in [0.29, 0.717) is 11.4 Å². The number of hydrogen-bond acceptors (Lipinski definition) is 4. The van der Waals surface area contributed by atoms with E-state index in [1.54, 1.807) is 19.1 Å². The van der Waals surface area contributed by atoms with Crippen molar-refractivity contribution in [3.05, 3.63) is 54.1 Å². The quantitative estimate of drug-likeness (QED) is 0.780. The number of nitrogens with one attached hydrogen (secondary N) is 1. The molecule has 2 aromatic rings. The van der Waals surface area contributed by atoms with Crippen molar-refractivity contribution in [2.75, 3.05) is 33.9 Å². The van der Waals surface area contributed by atoms with E-state index in [2.05, 4.69) is 10.2 Å². The van der Waals surface area contributed by atoms with Gasteiger partial charge in [-0.1, -0.05) is 17.7 Å². The highest BCUT2D eigenvalue weighted by Gasteiger charge is 2.29. The first-order valence-corrected chi connectivity index (χ1v) is 11.8. The Morgan fingerprint density at radius 3 is 2.14 bits per heavy atom. The molecule has 0 unspecified atom stereocenters. The molecule has 0 bridgehead atoms. The second kappa shape index (κ2) is 8.86. The molecule has 0 radical (unpaired) electrons. The first-order valence-electron chi connectivity index (χ1n) is 9.97. The fraction of sp³-hybridized carbons (Fsp3) is 0.409. The highest BCUT2D eigenvalue weighted by molar-refractivity contribution is 7.92. The Morgan fingerprint density at radius 2 is 1.59 bits per heavy atom. The van der Waals surface area contributed by atoms with Gasteiger partial charge in [-0.3, -0.25) is 9.10 Å². The smallest absolute Gasteiger partial charge is 0.247 e. The molecule has 0 saturated carbocycles. The zero-order valence-electron chi connectivity index (χ0n) is 17.3. The number of aryl methyl sites for hydroxylation is 1. The van der Waals surface area contributed by atoms with Gasteiger partial charge in [-0.2, -0.15) is 0 Å². The summed E-state index contributed by atoms with van der Waals surface area (Å²) >= 11 is 0. The van der Waals surface area contributed by atoms with Gasteiger partial charge in [-0.15, -0.1) is 0 Å². The number of sulfonamides is 1. The maximum Gasteiger partial charge on any atom is 0.247 e. The molecular formula is C22H29N3O3S. The lowest BCUT2D eigenvalue weighted by atomic mass is 10.1. The van der Waals surface area contributed by atoms with E-state index in [9.17, 15) is 13.2 Å². The monoisotopic (exact) mass is 415 g/mol. The molecule has 1 fully saturated rings. The van der Waals surface area contributed by atoms with Crippen LogP contribution in [0.15, 0.2) is 48.5 Å². The Morgan fingerprint density at radius 1 is 1.00 bits per heavy atom. The van der Waals surface area contributed by atoms with E-state index in [1.165, 1.54) is 19.3 Å². The Kier molecular flexibility index (Phi) is 6.47. The van der Waals surface area contributed by atoms with Crippen LogP contribution in [0.4, 0.5) is 17.1 Å². The van der Waals surface area contributed by atoms with Gasteiger partial charge in [0.1, 0.15) is 6.04 Å².